The third-order valence-corrected chi connectivity index (χ3v) is 11.8. The number of aromatic hydroxyl groups is 1. The summed E-state index contributed by atoms with van der Waals surface area (Å²) >= 11 is 0. The Labute approximate surface area is 505 Å². The SMILES string of the molecule is CC(=O)N[C@@H](Cc1cnc[nH]1)C(=O)NCc1cccc(C)c1.Cc1ccc(O)cc1.Cc1cccc(CN)c1.Cc1cccc(CNC(=O)CCCC(=O)O)c1.Cc1cccc(CNC(=O)CCCC(=O)O)c1.Cc1cccnc1.Cc1cnc[nH]1. The average molecular weight is 1180 g/mol. The van der Waals surface area contributed by atoms with Gasteiger partial charge in [-0.05, 0) is 107 Å². The number of carbonyl (C=O) groups is 6. The molecule has 1 atom stereocenters. The highest BCUT2D eigenvalue weighted by Gasteiger charge is 2.20. The fraction of sp³-hybridized carbons (Fsp3) is 0.299. The van der Waals surface area contributed by atoms with Crippen molar-refractivity contribution >= 4 is 35.6 Å². The largest absolute Gasteiger partial charge is 0.508 e. The van der Waals surface area contributed by atoms with Gasteiger partial charge in [0.05, 0.1) is 12.7 Å². The second kappa shape index (κ2) is 43.0. The number of phenols is 1. The van der Waals surface area contributed by atoms with E-state index in [-0.39, 0.29) is 49.3 Å². The first-order valence-electron chi connectivity index (χ1n) is 28.1. The van der Waals surface area contributed by atoms with E-state index in [1.807, 2.05) is 157 Å². The standard InChI is InChI=1S/C16H20N4O2.2C13H17NO3.C8H11N.C7H8O.C6H7N.C4H6N2/c1-11-4-3-5-13(6-11)8-18-16(22)15(20-12(2)21)7-14-9-17-10-19-14;2*1-10-4-2-5-11(8-10)9-14-12(15)6-3-7-13(16)17;1-7-3-2-4-8(5-7)6-9;1-6-2-4-7(8)5-3-6;1-6-3-2-4-7-5-6;1-4-2-5-3-6-4/h3-6,9-10,15H,7-8H2,1-2H3,(H,17,19)(H,18,22)(H,20,21);2*2,4-5,8H,3,6-7,9H2,1H3,(H,14,15)(H,16,17);2-5H,6,9H2,1H3;2-5,8H,1H3;2-5H,1H3;2-3H,1H3,(H,5,6)/t15-;;;;;;/m0....../s1. The van der Waals surface area contributed by atoms with Gasteiger partial charge in [0.1, 0.15) is 11.8 Å². The first-order chi connectivity index (χ1) is 41.1. The number of benzene rings is 5. The summed E-state index contributed by atoms with van der Waals surface area (Å²) in [6, 6.07) is 42.4. The average Bonchev–Trinajstić information content (AvgIpc) is 4.28. The molecule has 3 heterocycles. The lowest BCUT2D eigenvalue weighted by Gasteiger charge is -2.17. The number of nitrogens with zero attached hydrogens (tertiary/aromatic N) is 3. The van der Waals surface area contributed by atoms with E-state index in [2.05, 4.69) is 65.2 Å². The van der Waals surface area contributed by atoms with Crippen molar-refractivity contribution in [2.45, 2.75) is 133 Å². The number of aryl methyl sites for hydroxylation is 7. The van der Waals surface area contributed by atoms with Crippen LogP contribution in [0.15, 0.2) is 171 Å². The van der Waals surface area contributed by atoms with E-state index >= 15 is 0 Å². The Morgan fingerprint density at radius 2 is 0.942 bits per heavy atom. The number of carboxylic acids is 2. The number of nitrogens with two attached hydrogens (primary N) is 1. The number of aromatic nitrogens is 5. The summed E-state index contributed by atoms with van der Waals surface area (Å²) in [7, 11) is 0. The van der Waals surface area contributed by atoms with Gasteiger partial charge in [-0.15, -0.1) is 0 Å². The number of hydrogen-bond acceptors (Lipinski definition) is 11. The van der Waals surface area contributed by atoms with Crippen molar-refractivity contribution in [1.82, 2.24) is 46.2 Å². The normalized spacial score (nSPS) is 10.1. The van der Waals surface area contributed by atoms with E-state index in [0.717, 1.165) is 44.8 Å². The number of phenolic OH excluding ortho intramolecular Hbond substituents is 1. The highest BCUT2D eigenvalue weighted by molar-refractivity contribution is 5.87. The van der Waals surface area contributed by atoms with Crippen LogP contribution in [0, 0.1) is 48.5 Å². The molecule has 3 aromatic heterocycles. The highest BCUT2D eigenvalue weighted by Crippen LogP contribution is 2.09. The van der Waals surface area contributed by atoms with Gasteiger partial charge in [0.25, 0.3) is 0 Å². The minimum absolute atomic E-state index is 0.0395. The van der Waals surface area contributed by atoms with Gasteiger partial charge in [-0.25, -0.2) is 9.97 Å². The molecule has 8 aromatic rings. The molecule has 5 aromatic carbocycles. The second-order valence-electron chi connectivity index (χ2n) is 20.1. The maximum absolute atomic E-state index is 12.3. The van der Waals surface area contributed by atoms with Crippen LogP contribution >= 0.6 is 0 Å². The number of hydrogen-bond donors (Lipinski definition) is 10. The number of carbonyl (C=O) groups excluding carboxylic acids is 4. The zero-order chi connectivity index (χ0) is 63.5. The predicted octanol–water partition coefficient (Wildman–Crippen LogP) is 10.1. The zero-order valence-corrected chi connectivity index (χ0v) is 50.7. The number of aliphatic carboxylic acids is 2. The van der Waals surface area contributed by atoms with Gasteiger partial charge in [-0.2, -0.15) is 0 Å². The third-order valence-electron chi connectivity index (χ3n) is 11.8. The molecule has 8 rings (SSSR count). The van der Waals surface area contributed by atoms with Gasteiger partial charge in [-0.1, -0.05) is 143 Å². The van der Waals surface area contributed by atoms with Crippen molar-refractivity contribution in [2.24, 2.45) is 5.73 Å². The molecule has 0 unspecified atom stereocenters. The van der Waals surface area contributed by atoms with E-state index in [4.69, 9.17) is 21.1 Å². The summed E-state index contributed by atoms with van der Waals surface area (Å²) in [5.74, 6) is -2.06. The van der Waals surface area contributed by atoms with E-state index in [9.17, 15) is 28.8 Å². The Hall–Kier alpha value is -9.75. The Morgan fingerprint density at radius 3 is 1.27 bits per heavy atom. The van der Waals surface area contributed by atoms with Gasteiger partial charge in [0, 0.05) is 101 Å². The fourth-order valence-corrected chi connectivity index (χ4v) is 7.39. The van der Waals surface area contributed by atoms with E-state index < -0.39 is 18.0 Å². The maximum Gasteiger partial charge on any atom is 0.303 e. The Morgan fingerprint density at radius 1 is 0.500 bits per heavy atom. The lowest BCUT2D eigenvalue weighted by molar-refractivity contribution is -0.138. The second-order valence-corrected chi connectivity index (χ2v) is 20.1. The number of rotatable bonds is 19. The number of pyridine rings is 1. The molecule has 11 N–H and O–H groups in total. The van der Waals surface area contributed by atoms with Crippen molar-refractivity contribution in [3.05, 3.63) is 238 Å². The molecular weight excluding hydrogens is 1090 g/mol. The number of imidazole rings is 2. The molecule has 0 fully saturated rings. The van der Waals surface area contributed by atoms with Crippen LogP contribution in [0.5, 0.6) is 5.75 Å². The summed E-state index contributed by atoms with van der Waals surface area (Å²) in [6.07, 6.45) is 12.0. The van der Waals surface area contributed by atoms with E-state index in [1.54, 1.807) is 43.4 Å². The molecular formula is C67H86N10O9. The van der Waals surface area contributed by atoms with Gasteiger partial charge in [-0.3, -0.25) is 33.8 Å². The quantitative estimate of drug-likeness (QED) is 0.0361. The predicted molar refractivity (Wildman–Crippen MR) is 336 cm³/mol. The topological polar surface area (TPSA) is 307 Å². The number of aromatic amines is 2. The molecule has 458 valence electrons. The summed E-state index contributed by atoms with van der Waals surface area (Å²) in [4.78, 5) is 84.3. The first-order valence-corrected chi connectivity index (χ1v) is 28.1. The smallest absolute Gasteiger partial charge is 0.303 e. The molecule has 0 saturated carbocycles. The van der Waals surface area contributed by atoms with Crippen LogP contribution in [0.25, 0.3) is 0 Å². The van der Waals surface area contributed by atoms with Crippen molar-refractivity contribution in [2.75, 3.05) is 0 Å². The molecule has 0 aliphatic carbocycles. The summed E-state index contributed by atoms with van der Waals surface area (Å²) < 4.78 is 0. The minimum atomic E-state index is -0.864. The van der Waals surface area contributed by atoms with Gasteiger partial charge in [0.2, 0.25) is 23.6 Å². The van der Waals surface area contributed by atoms with Gasteiger partial charge >= 0.3 is 11.9 Å². The molecule has 0 spiro atoms. The number of nitrogens with one attached hydrogen (secondary N) is 6. The highest BCUT2D eigenvalue weighted by atomic mass is 16.4. The first kappa shape index (κ1) is 72.4. The fourth-order valence-electron chi connectivity index (χ4n) is 7.39. The molecule has 0 aliphatic rings. The van der Waals surface area contributed by atoms with Crippen LogP contribution < -0.4 is 27.0 Å². The lowest BCUT2D eigenvalue weighted by atomic mass is 10.1. The molecule has 19 heteroatoms. The summed E-state index contributed by atoms with van der Waals surface area (Å²) in [6.45, 7) is 17.5. The van der Waals surface area contributed by atoms with Crippen LogP contribution in [-0.4, -0.2) is 81.8 Å². The summed E-state index contributed by atoms with van der Waals surface area (Å²) in [5.41, 5.74) is 18.8. The third kappa shape index (κ3) is 37.4. The lowest BCUT2D eigenvalue weighted by Crippen LogP contribution is -2.47. The molecule has 86 heavy (non-hydrogen) atoms. The van der Waals surface area contributed by atoms with E-state index in [1.165, 1.54) is 29.2 Å². The molecule has 0 bridgehead atoms. The Kier molecular flexibility index (Phi) is 36.2. The number of H-pyrrole nitrogens is 2. The van der Waals surface area contributed by atoms with Gasteiger partial charge in [0.15, 0.2) is 0 Å². The van der Waals surface area contributed by atoms with Crippen LogP contribution in [0.1, 0.15) is 112 Å². The van der Waals surface area contributed by atoms with Crippen molar-refractivity contribution in [3.63, 3.8) is 0 Å². The van der Waals surface area contributed by atoms with Crippen LogP contribution in [-0.2, 0) is 61.4 Å². The van der Waals surface area contributed by atoms with Gasteiger partial charge < -0.3 is 52.3 Å². The Bertz CT molecular complexity index is 3090. The maximum atomic E-state index is 12.3. The number of carboxylic acid groups (broad SMARTS) is 2. The molecule has 4 amide bonds. The Balaban J connectivity index is 0.000000358. The van der Waals surface area contributed by atoms with Crippen molar-refractivity contribution in [1.29, 1.82) is 0 Å². The van der Waals surface area contributed by atoms with Crippen LogP contribution in [0.3, 0.4) is 0 Å². The van der Waals surface area contributed by atoms with Crippen LogP contribution in [0.2, 0.25) is 0 Å². The molecule has 0 aliphatic heterocycles. The summed E-state index contributed by atoms with van der Waals surface area (Å²) in [5, 5.41) is 36.7. The van der Waals surface area contributed by atoms with Crippen LogP contribution in [0.4, 0.5) is 0 Å². The molecule has 19 nitrogen and oxygen atoms in total. The van der Waals surface area contributed by atoms with Crippen molar-refractivity contribution < 1.29 is 44.1 Å². The number of amides is 4. The zero-order valence-electron chi connectivity index (χ0n) is 50.7. The molecule has 0 radical (unpaired) electrons. The van der Waals surface area contributed by atoms with Crippen molar-refractivity contribution in [3.8, 4) is 5.75 Å². The van der Waals surface area contributed by atoms with E-state index in [0.29, 0.717) is 51.2 Å². The molecule has 0 saturated heterocycles. The minimum Gasteiger partial charge on any atom is -0.508 e. The monoisotopic (exact) mass is 1170 g/mol.